The lowest BCUT2D eigenvalue weighted by Crippen LogP contribution is -2.40. The summed E-state index contributed by atoms with van der Waals surface area (Å²) in [4.78, 5) is 36.3. The Balaban J connectivity index is 1.48. The van der Waals surface area contributed by atoms with Crippen molar-refractivity contribution in [2.75, 3.05) is 42.6 Å². The van der Waals surface area contributed by atoms with E-state index >= 15 is 0 Å². The maximum absolute atomic E-state index is 13.9. The summed E-state index contributed by atoms with van der Waals surface area (Å²) in [6, 6.07) is 8.94. The molecule has 0 radical (unpaired) electrons. The predicted molar refractivity (Wildman–Crippen MR) is 167 cm³/mol. The second-order valence-electron chi connectivity index (χ2n) is 11.9. The summed E-state index contributed by atoms with van der Waals surface area (Å²) in [6.07, 6.45) is 11.0. The molecule has 0 amide bonds. The molecule has 41 heavy (non-hydrogen) atoms. The summed E-state index contributed by atoms with van der Waals surface area (Å²) in [6.45, 7) is 12.8. The van der Waals surface area contributed by atoms with Crippen molar-refractivity contribution in [1.29, 1.82) is 0 Å². The third-order valence-corrected chi connectivity index (χ3v) is 9.04. The Kier molecular flexibility index (Phi) is 9.39. The van der Waals surface area contributed by atoms with Crippen molar-refractivity contribution in [3.05, 3.63) is 64.4 Å². The minimum absolute atomic E-state index is 0.0888. The van der Waals surface area contributed by atoms with E-state index in [0.717, 1.165) is 96.2 Å². The number of anilines is 2. The highest BCUT2D eigenvalue weighted by Gasteiger charge is 2.26. The van der Waals surface area contributed by atoms with Crippen LogP contribution < -0.4 is 9.80 Å². The lowest BCUT2D eigenvalue weighted by atomic mass is 9.87. The van der Waals surface area contributed by atoms with Crippen LogP contribution in [0.2, 0.25) is 0 Å². The number of allylic oxidation sites excluding steroid dienone is 4. The van der Waals surface area contributed by atoms with Gasteiger partial charge in [-0.15, -0.1) is 0 Å². The number of hydrogen-bond donors (Lipinski definition) is 0. The highest BCUT2D eigenvalue weighted by atomic mass is 16.5. The van der Waals surface area contributed by atoms with Gasteiger partial charge in [0.2, 0.25) is 0 Å². The van der Waals surface area contributed by atoms with Gasteiger partial charge in [0.15, 0.2) is 11.6 Å². The molecule has 218 valence electrons. The second kappa shape index (κ2) is 13.2. The second-order valence-corrected chi connectivity index (χ2v) is 11.9. The highest BCUT2D eigenvalue weighted by Crippen LogP contribution is 2.35. The van der Waals surface area contributed by atoms with Gasteiger partial charge >= 0.3 is 0 Å². The normalized spacial score (nSPS) is 18.5. The molecule has 0 spiro atoms. The molecule has 1 aromatic carbocycles. The number of carbonyl (C=O) groups excluding carboxylic acids is 2. The van der Waals surface area contributed by atoms with E-state index in [9.17, 15) is 9.59 Å². The number of benzene rings is 1. The first-order valence-electron chi connectivity index (χ1n) is 15.5. The van der Waals surface area contributed by atoms with Crippen LogP contribution in [0.3, 0.4) is 0 Å². The third kappa shape index (κ3) is 6.64. The van der Waals surface area contributed by atoms with Crippen LogP contribution in [0.4, 0.5) is 11.5 Å². The lowest BCUT2D eigenvalue weighted by molar-refractivity contribution is -0.115. The van der Waals surface area contributed by atoms with Crippen molar-refractivity contribution in [2.45, 2.75) is 85.1 Å². The van der Waals surface area contributed by atoms with E-state index in [4.69, 9.17) is 9.72 Å². The summed E-state index contributed by atoms with van der Waals surface area (Å²) < 4.78 is 5.66. The Morgan fingerprint density at radius 3 is 2.46 bits per heavy atom. The molecular weight excluding hydrogens is 510 g/mol. The summed E-state index contributed by atoms with van der Waals surface area (Å²) in [5.41, 5.74) is 7.79. The molecule has 5 rings (SSSR count). The molecule has 6 heteroatoms. The summed E-state index contributed by atoms with van der Waals surface area (Å²) in [7, 11) is 0. The fraction of sp³-hybridized carbons (Fsp3) is 0.514. The number of hydrogen-bond acceptors (Lipinski definition) is 6. The van der Waals surface area contributed by atoms with E-state index in [1.165, 1.54) is 19.3 Å². The molecular formula is C35H45N3O3. The standard InChI is InChI=1S/C35H45N3O3/c1-5-38(29-13-17-41-18-14-29)32-22-28(27-9-12-35(36-23-27)37-15-7-6-8-16-37)21-31(26(32)4)33(39)11-10-30-25(3)19-24(2)20-34(30)40/h9,12,19,21-23,29H,5-8,10-11,13-18,20H2,1-4H3. The van der Waals surface area contributed by atoms with Crippen molar-refractivity contribution in [2.24, 2.45) is 0 Å². The van der Waals surface area contributed by atoms with Crippen molar-refractivity contribution in [3.63, 3.8) is 0 Å². The Labute approximate surface area is 245 Å². The minimum Gasteiger partial charge on any atom is -0.381 e. The van der Waals surface area contributed by atoms with Gasteiger partial charge < -0.3 is 14.5 Å². The van der Waals surface area contributed by atoms with Crippen LogP contribution in [0.1, 0.15) is 88.1 Å². The van der Waals surface area contributed by atoms with Crippen LogP contribution in [-0.2, 0) is 9.53 Å². The van der Waals surface area contributed by atoms with E-state index in [2.05, 4.69) is 47.9 Å². The fourth-order valence-electron chi connectivity index (χ4n) is 6.74. The molecule has 3 aliphatic rings. The molecule has 0 unspecified atom stereocenters. The first kappa shape index (κ1) is 29.2. The van der Waals surface area contributed by atoms with Gasteiger partial charge in [-0.3, -0.25) is 9.59 Å². The van der Waals surface area contributed by atoms with Crippen LogP contribution in [0.25, 0.3) is 11.1 Å². The topological polar surface area (TPSA) is 62.7 Å². The van der Waals surface area contributed by atoms with E-state index in [1.54, 1.807) is 0 Å². The zero-order chi connectivity index (χ0) is 28.9. The highest BCUT2D eigenvalue weighted by molar-refractivity contribution is 6.03. The monoisotopic (exact) mass is 555 g/mol. The van der Waals surface area contributed by atoms with Crippen LogP contribution in [0, 0.1) is 6.92 Å². The number of ketones is 2. The summed E-state index contributed by atoms with van der Waals surface area (Å²) in [5.74, 6) is 1.27. The largest absolute Gasteiger partial charge is 0.381 e. The van der Waals surface area contributed by atoms with Gasteiger partial charge in [0, 0.05) is 74.7 Å². The third-order valence-electron chi connectivity index (χ3n) is 9.04. The van der Waals surface area contributed by atoms with E-state index < -0.39 is 0 Å². The van der Waals surface area contributed by atoms with E-state index in [1.807, 2.05) is 26.1 Å². The first-order chi connectivity index (χ1) is 19.9. The number of nitrogens with zero attached hydrogens (tertiary/aromatic N) is 3. The number of aromatic nitrogens is 1. The number of ether oxygens (including phenoxy) is 1. The smallest absolute Gasteiger partial charge is 0.163 e. The quantitative estimate of drug-likeness (QED) is 0.304. The van der Waals surface area contributed by atoms with Crippen LogP contribution >= 0.6 is 0 Å². The number of Topliss-reactive ketones (excluding diaryl/α,β-unsaturated/α-hetero) is 2. The Hall–Kier alpha value is -3.25. The molecule has 2 aliphatic heterocycles. The van der Waals surface area contributed by atoms with Crippen molar-refractivity contribution < 1.29 is 14.3 Å². The van der Waals surface area contributed by atoms with E-state index in [-0.39, 0.29) is 11.6 Å². The molecule has 0 saturated carbocycles. The molecule has 0 bridgehead atoms. The van der Waals surface area contributed by atoms with Gasteiger partial charge in [-0.05, 0) is 113 Å². The van der Waals surface area contributed by atoms with Crippen LogP contribution in [0.15, 0.2) is 53.3 Å². The number of piperidine rings is 1. The molecule has 0 atom stereocenters. The van der Waals surface area contributed by atoms with Crippen LogP contribution in [-0.4, -0.2) is 55.4 Å². The van der Waals surface area contributed by atoms with Gasteiger partial charge in [-0.2, -0.15) is 0 Å². The maximum atomic E-state index is 13.9. The van der Waals surface area contributed by atoms with Gasteiger partial charge in [-0.1, -0.05) is 11.6 Å². The average molecular weight is 556 g/mol. The predicted octanol–water partition coefficient (Wildman–Crippen LogP) is 7.25. The number of carbonyl (C=O) groups is 2. The van der Waals surface area contributed by atoms with Gasteiger partial charge in [0.05, 0.1) is 0 Å². The molecule has 1 aliphatic carbocycles. The average Bonchev–Trinajstić information content (AvgIpc) is 2.99. The Morgan fingerprint density at radius 2 is 1.80 bits per heavy atom. The number of rotatable bonds is 9. The van der Waals surface area contributed by atoms with Gasteiger partial charge in [0.25, 0.3) is 0 Å². The SMILES string of the molecule is CCN(c1cc(-c2ccc(N3CCCCC3)nc2)cc(C(=O)CCC2=C(C)C=C(C)CC2=O)c1C)C1CCOCC1. The Bertz CT molecular complexity index is 1330. The van der Waals surface area contributed by atoms with E-state index in [0.29, 0.717) is 25.3 Å². The fourth-order valence-corrected chi connectivity index (χ4v) is 6.74. The molecule has 2 aromatic rings. The molecule has 1 aromatic heterocycles. The lowest BCUT2D eigenvalue weighted by Gasteiger charge is -2.37. The Morgan fingerprint density at radius 1 is 1.05 bits per heavy atom. The number of pyridine rings is 1. The van der Waals surface area contributed by atoms with Gasteiger partial charge in [-0.25, -0.2) is 4.98 Å². The molecule has 6 nitrogen and oxygen atoms in total. The van der Waals surface area contributed by atoms with Crippen molar-refractivity contribution >= 4 is 23.1 Å². The minimum atomic E-state index is 0.0888. The molecule has 3 heterocycles. The van der Waals surface area contributed by atoms with Crippen molar-refractivity contribution in [1.82, 2.24) is 4.98 Å². The first-order valence-corrected chi connectivity index (χ1v) is 15.5. The molecule has 2 saturated heterocycles. The zero-order valence-electron chi connectivity index (χ0n) is 25.3. The summed E-state index contributed by atoms with van der Waals surface area (Å²) >= 11 is 0. The van der Waals surface area contributed by atoms with Crippen molar-refractivity contribution in [3.8, 4) is 11.1 Å². The zero-order valence-corrected chi connectivity index (χ0v) is 25.3. The summed E-state index contributed by atoms with van der Waals surface area (Å²) in [5, 5.41) is 0. The molecule has 0 N–H and O–H groups in total. The van der Waals surface area contributed by atoms with Crippen LogP contribution in [0.5, 0.6) is 0 Å². The van der Waals surface area contributed by atoms with Gasteiger partial charge in [0.1, 0.15) is 5.82 Å². The molecule has 2 fully saturated rings. The maximum Gasteiger partial charge on any atom is 0.163 e.